The van der Waals surface area contributed by atoms with E-state index in [1.165, 1.54) is 18.9 Å². The molecule has 5 atom stereocenters. The lowest BCUT2D eigenvalue weighted by Crippen LogP contribution is -2.65. The maximum absolute atomic E-state index is 13.6. The molecule has 1 aromatic heterocycles. The number of likely N-dealkylation sites (tertiary alicyclic amines) is 1. The Morgan fingerprint density at radius 1 is 1.08 bits per heavy atom. The molecule has 2 bridgehead atoms. The highest BCUT2D eigenvalue weighted by Crippen LogP contribution is 2.65. The molecule has 0 radical (unpaired) electrons. The molecule has 2 amide bonds. The van der Waals surface area contributed by atoms with E-state index >= 15 is 0 Å². The summed E-state index contributed by atoms with van der Waals surface area (Å²) in [6.45, 7) is 20.2. The van der Waals surface area contributed by atoms with E-state index in [1.807, 2.05) is 39.8 Å². The predicted octanol–water partition coefficient (Wildman–Crippen LogP) is 5.80. The van der Waals surface area contributed by atoms with Gasteiger partial charge in [0.15, 0.2) is 6.04 Å². The number of hydrogen-bond donors (Lipinski definition) is 2. The number of esters is 1. The van der Waals surface area contributed by atoms with Gasteiger partial charge in [-0.15, -0.1) is 0 Å². The second-order valence-electron chi connectivity index (χ2n) is 17.2. The van der Waals surface area contributed by atoms with Gasteiger partial charge in [-0.05, 0) is 115 Å². The third-order valence-electron chi connectivity index (χ3n) is 11.0. The summed E-state index contributed by atoms with van der Waals surface area (Å²) in [7, 11) is -0.297. The average molecular weight is 693 g/mol. The molecule has 2 saturated heterocycles. The first kappa shape index (κ1) is 36.2. The quantitative estimate of drug-likeness (QED) is 0.247. The number of benzene rings is 1. The van der Waals surface area contributed by atoms with Crippen molar-refractivity contribution in [3.05, 3.63) is 47.0 Å². The molecule has 272 valence electrons. The fourth-order valence-electron chi connectivity index (χ4n) is 8.21. The lowest BCUT2D eigenvalue weighted by Gasteiger charge is -2.64. The Hall–Kier alpha value is -3.58. The minimum atomic E-state index is -1.01. The molecule has 3 aliphatic carbocycles. The van der Waals surface area contributed by atoms with E-state index in [2.05, 4.69) is 36.1 Å². The number of aromatic nitrogens is 2. The van der Waals surface area contributed by atoms with Gasteiger partial charge >= 0.3 is 19.2 Å². The summed E-state index contributed by atoms with van der Waals surface area (Å²) < 4.78 is 30.7. The van der Waals surface area contributed by atoms with Gasteiger partial charge < -0.3 is 38.7 Å². The van der Waals surface area contributed by atoms with Crippen LogP contribution >= 0.6 is 0 Å². The van der Waals surface area contributed by atoms with Gasteiger partial charge in [-0.25, -0.2) is 14.6 Å². The van der Waals surface area contributed by atoms with Crippen molar-refractivity contribution in [3.8, 4) is 5.75 Å². The van der Waals surface area contributed by atoms with Crippen molar-refractivity contribution in [3.63, 3.8) is 0 Å². The van der Waals surface area contributed by atoms with E-state index in [0.717, 1.165) is 17.5 Å². The van der Waals surface area contributed by atoms with Crippen LogP contribution in [-0.4, -0.2) is 82.1 Å². The molecule has 1 unspecified atom stereocenters. The van der Waals surface area contributed by atoms with Crippen molar-refractivity contribution in [2.45, 2.75) is 130 Å². The Bertz CT molecular complexity index is 1610. The number of imidazole rings is 1. The SMILES string of the molecule is Cc1c(CCB2O[C@@H]3C[C@@H]4C[C@@H](C4(C)C)[C@]3(C)O2)ccc(OC2CN(C(=O)C(NC(=O)OC(C)(C)C)c3cnc[nH]3)C2)c1C(=O)OC(C)(C)C. The van der Waals surface area contributed by atoms with Gasteiger partial charge in [0.1, 0.15) is 28.6 Å². The summed E-state index contributed by atoms with van der Waals surface area (Å²) in [5.41, 5.74) is 1.18. The number of nitrogens with one attached hydrogen (secondary N) is 2. The number of carbonyl (C=O) groups excluding carboxylic acids is 3. The Balaban J connectivity index is 1.12. The van der Waals surface area contributed by atoms with Gasteiger partial charge in [0, 0.05) is 0 Å². The van der Waals surface area contributed by atoms with Crippen LogP contribution in [-0.2, 0) is 30.0 Å². The van der Waals surface area contributed by atoms with Gasteiger partial charge in [-0.3, -0.25) is 4.79 Å². The molecule has 12 nitrogen and oxygen atoms in total. The number of rotatable bonds is 9. The van der Waals surface area contributed by atoms with Crippen LogP contribution in [0.4, 0.5) is 4.79 Å². The molecule has 3 saturated carbocycles. The van der Waals surface area contributed by atoms with E-state index < -0.39 is 29.3 Å². The minimum Gasteiger partial charge on any atom is -0.486 e. The summed E-state index contributed by atoms with van der Waals surface area (Å²) in [6.07, 6.45) is 5.56. The molecule has 2 aromatic rings. The number of alkyl carbamates (subject to hydrolysis) is 1. The van der Waals surface area contributed by atoms with Crippen molar-refractivity contribution in [1.82, 2.24) is 20.2 Å². The number of H-pyrrole nitrogens is 1. The van der Waals surface area contributed by atoms with Gasteiger partial charge in [0.2, 0.25) is 0 Å². The second kappa shape index (κ2) is 12.9. The number of aryl methyl sites for hydroxylation is 1. The molecule has 5 fully saturated rings. The number of hydrogen-bond acceptors (Lipinski definition) is 9. The zero-order chi connectivity index (χ0) is 36.4. The van der Waals surface area contributed by atoms with Gasteiger partial charge in [0.05, 0.1) is 43.0 Å². The minimum absolute atomic E-state index is 0.121. The van der Waals surface area contributed by atoms with E-state index in [1.54, 1.807) is 25.7 Å². The first-order valence-corrected chi connectivity index (χ1v) is 17.9. The highest BCUT2D eigenvalue weighted by Gasteiger charge is 2.67. The predicted molar refractivity (Wildman–Crippen MR) is 187 cm³/mol. The Labute approximate surface area is 295 Å². The standard InChI is InChI=1S/C37H53BN4O8/c1-21-22(13-14-38-49-28-16-23-15-27(36(23,8)9)37(28,10)50-38)11-12-26(29(21)32(44)47-34(2,3)4)46-24-18-42(19-24)31(43)30(25-17-39-20-40-25)41-33(45)48-35(5,6)7/h11-12,17,20,23-24,27-28,30H,13-16,18-19H2,1-10H3,(H,39,40)(H,41,45)/t23-,27-,28+,30?,37-/m0/s1. The summed E-state index contributed by atoms with van der Waals surface area (Å²) in [5.74, 6) is 0.796. The Morgan fingerprint density at radius 3 is 2.40 bits per heavy atom. The fourth-order valence-corrected chi connectivity index (χ4v) is 8.21. The third-order valence-corrected chi connectivity index (χ3v) is 11.0. The van der Waals surface area contributed by atoms with E-state index in [0.29, 0.717) is 41.6 Å². The summed E-state index contributed by atoms with van der Waals surface area (Å²) in [5, 5.41) is 2.66. The normalized spacial score (nSPS) is 26.3. The maximum atomic E-state index is 13.6. The lowest BCUT2D eigenvalue weighted by molar-refractivity contribution is -0.199. The highest BCUT2D eigenvalue weighted by molar-refractivity contribution is 6.45. The van der Waals surface area contributed by atoms with Crippen molar-refractivity contribution in [1.29, 1.82) is 0 Å². The maximum Gasteiger partial charge on any atom is 0.457 e. The van der Waals surface area contributed by atoms with Crippen LogP contribution in [0.1, 0.15) is 108 Å². The smallest absolute Gasteiger partial charge is 0.457 e. The Morgan fingerprint density at radius 2 is 1.78 bits per heavy atom. The molecule has 13 heteroatoms. The van der Waals surface area contributed by atoms with E-state index in [9.17, 15) is 14.4 Å². The number of carbonyl (C=O) groups is 3. The largest absolute Gasteiger partial charge is 0.486 e. The van der Waals surface area contributed by atoms with Crippen molar-refractivity contribution >= 4 is 25.1 Å². The van der Waals surface area contributed by atoms with Crippen molar-refractivity contribution in [2.75, 3.05) is 13.1 Å². The highest BCUT2D eigenvalue weighted by atomic mass is 16.7. The van der Waals surface area contributed by atoms with Crippen molar-refractivity contribution in [2.24, 2.45) is 17.3 Å². The number of aromatic amines is 1. The van der Waals surface area contributed by atoms with E-state index in [-0.39, 0.29) is 49.3 Å². The first-order chi connectivity index (χ1) is 23.2. The number of nitrogens with zero attached hydrogens (tertiary/aromatic N) is 2. The Kier molecular flexibility index (Phi) is 9.33. The molecule has 1 aromatic carbocycles. The van der Waals surface area contributed by atoms with Crippen LogP contribution in [0.5, 0.6) is 5.75 Å². The molecule has 2 N–H and O–H groups in total. The molecule has 3 heterocycles. The first-order valence-electron chi connectivity index (χ1n) is 17.9. The van der Waals surface area contributed by atoms with Crippen LogP contribution in [0, 0.1) is 24.2 Å². The van der Waals surface area contributed by atoms with Crippen LogP contribution < -0.4 is 10.1 Å². The molecule has 7 rings (SSSR count). The van der Waals surface area contributed by atoms with Crippen LogP contribution in [0.2, 0.25) is 6.32 Å². The molecule has 2 aliphatic heterocycles. The van der Waals surface area contributed by atoms with Crippen molar-refractivity contribution < 1.29 is 37.9 Å². The zero-order valence-corrected chi connectivity index (χ0v) is 31.2. The lowest BCUT2D eigenvalue weighted by atomic mass is 9.43. The summed E-state index contributed by atoms with van der Waals surface area (Å²) >= 11 is 0. The third kappa shape index (κ3) is 7.13. The monoisotopic (exact) mass is 692 g/mol. The van der Waals surface area contributed by atoms with Gasteiger partial charge in [-0.2, -0.15) is 0 Å². The summed E-state index contributed by atoms with van der Waals surface area (Å²) in [4.78, 5) is 48.3. The zero-order valence-electron chi connectivity index (χ0n) is 31.2. The van der Waals surface area contributed by atoms with Gasteiger partial charge in [0.25, 0.3) is 5.91 Å². The van der Waals surface area contributed by atoms with Crippen LogP contribution in [0.15, 0.2) is 24.7 Å². The summed E-state index contributed by atoms with van der Waals surface area (Å²) in [6, 6.07) is 2.80. The molecular weight excluding hydrogens is 639 g/mol. The van der Waals surface area contributed by atoms with Crippen LogP contribution in [0.25, 0.3) is 0 Å². The fraction of sp³-hybridized carbons (Fsp3) is 0.676. The number of amides is 2. The molecule has 5 aliphatic rings. The van der Waals surface area contributed by atoms with Crippen LogP contribution in [0.3, 0.4) is 0 Å². The topological polar surface area (TPSA) is 141 Å². The average Bonchev–Trinajstić information content (AvgIpc) is 3.62. The molecule has 50 heavy (non-hydrogen) atoms. The number of ether oxygens (including phenoxy) is 3. The van der Waals surface area contributed by atoms with E-state index in [4.69, 9.17) is 23.5 Å². The second-order valence-corrected chi connectivity index (χ2v) is 17.2. The van der Waals surface area contributed by atoms with Gasteiger partial charge in [-0.1, -0.05) is 19.9 Å². The molecule has 0 spiro atoms. The molecular formula is C37H53BN4O8.